The molecule has 0 aliphatic carbocycles. The second-order valence-electron chi connectivity index (χ2n) is 5.74. The fourth-order valence-electron chi connectivity index (χ4n) is 2.62. The second-order valence-corrected chi connectivity index (χ2v) is 6.60. The molecular weight excluding hydrogens is 337 g/mol. The van der Waals surface area contributed by atoms with E-state index < -0.39 is 0 Å². The predicted octanol–water partition coefficient (Wildman–Crippen LogP) is 3.84. The van der Waals surface area contributed by atoms with Crippen LogP contribution in [0.25, 0.3) is 16.2 Å². The van der Waals surface area contributed by atoms with E-state index >= 15 is 0 Å². The van der Waals surface area contributed by atoms with Crippen LogP contribution in [-0.4, -0.2) is 19.6 Å². The lowest BCUT2D eigenvalue weighted by Gasteiger charge is -2.11. The second kappa shape index (κ2) is 6.70. The van der Waals surface area contributed by atoms with Gasteiger partial charge in [-0.25, -0.2) is 9.37 Å². The number of thiazole rings is 1. The van der Waals surface area contributed by atoms with Crippen LogP contribution >= 0.6 is 11.3 Å². The van der Waals surface area contributed by atoms with Crippen molar-refractivity contribution in [2.75, 3.05) is 0 Å². The lowest BCUT2D eigenvalue weighted by Crippen LogP contribution is -2.20. The van der Waals surface area contributed by atoms with Gasteiger partial charge in [-0.2, -0.15) is 0 Å². The molecule has 1 atom stereocenters. The zero-order chi connectivity index (χ0) is 17.2. The minimum atomic E-state index is -0.239. The Morgan fingerprint density at radius 3 is 2.84 bits per heavy atom. The highest BCUT2D eigenvalue weighted by atomic mass is 32.1. The van der Waals surface area contributed by atoms with Gasteiger partial charge in [0, 0.05) is 23.7 Å². The number of rotatable bonds is 5. The Labute approximate surface area is 148 Å². The quantitative estimate of drug-likeness (QED) is 0.592. The number of aromatic nitrogens is 4. The Kier molecular flexibility index (Phi) is 4.25. The summed E-state index contributed by atoms with van der Waals surface area (Å²) in [6.45, 7) is 2.68. The molecule has 1 N–H and O–H groups in total. The average molecular weight is 353 g/mol. The Balaban J connectivity index is 1.45. The summed E-state index contributed by atoms with van der Waals surface area (Å²) in [5.74, 6) is 0.626. The van der Waals surface area contributed by atoms with Crippen molar-refractivity contribution < 1.29 is 4.39 Å². The first-order valence-corrected chi connectivity index (χ1v) is 8.82. The minimum Gasteiger partial charge on any atom is -0.302 e. The van der Waals surface area contributed by atoms with Crippen LogP contribution in [0.4, 0.5) is 4.39 Å². The summed E-state index contributed by atoms with van der Waals surface area (Å²) in [5.41, 5.74) is 2.71. The first-order chi connectivity index (χ1) is 12.2. The maximum atomic E-state index is 13.0. The third kappa shape index (κ3) is 3.29. The molecule has 3 aromatic heterocycles. The molecule has 0 bridgehead atoms. The number of hydrogen-bond donors (Lipinski definition) is 1. The van der Waals surface area contributed by atoms with Crippen LogP contribution in [0.15, 0.2) is 54.0 Å². The van der Waals surface area contributed by atoms with Crippen molar-refractivity contribution in [1.29, 1.82) is 0 Å². The molecule has 126 valence electrons. The number of fused-ring (bicyclic) bond motifs is 1. The molecule has 3 heterocycles. The van der Waals surface area contributed by atoms with Crippen molar-refractivity contribution in [2.24, 2.45) is 0 Å². The molecule has 4 aromatic rings. The van der Waals surface area contributed by atoms with Crippen LogP contribution in [0.5, 0.6) is 0 Å². The maximum Gasteiger partial charge on any atom is 0.160 e. The summed E-state index contributed by atoms with van der Waals surface area (Å²) < 4.78 is 15.0. The van der Waals surface area contributed by atoms with Crippen molar-refractivity contribution in [3.8, 4) is 10.6 Å². The predicted molar refractivity (Wildman–Crippen MR) is 95.7 cm³/mol. The smallest absolute Gasteiger partial charge is 0.160 e. The third-order valence-corrected chi connectivity index (χ3v) is 4.90. The number of hydrogen-bond acceptors (Lipinski definition) is 5. The fraction of sp³-hybridized carbons (Fsp3) is 0.167. The highest BCUT2D eigenvalue weighted by molar-refractivity contribution is 7.13. The lowest BCUT2D eigenvalue weighted by molar-refractivity contribution is 0.537. The Bertz CT molecular complexity index is 992. The molecule has 25 heavy (non-hydrogen) atoms. The lowest BCUT2D eigenvalue weighted by atomic mass is 10.2. The first kappa shape index (κ1) is 15.9. The molecule has 0 fully saturated rings. The van der Waals surface area contributed by atoms with Gasteiger partial charge in [-0.15, -0.1) is 21.5 Å². The van der Waals surface area contributed by atoms with Crippen molar-refractivity contribution in [1.82, 2.24) is 24.9 Å². The van der Waals surface area contributed by atoms with E-state index in [1.165, 1.54) is 12.1 Å². The molecule has 5 nitrogen and oxygen atoms in total. The van der Waals surface area contributed by atoms with Gasteiger partial charge in [0.2, 0.25) is 0 Å². The van der Waals surface area contributed by atoms with Crippen LogP contribution in [0, 0.1) is 5.82 Å². The Hall–Kier alpha value is -2.64. The summed E-state index contributed by atoms with van der Waals surface area (Å²) in [5, 5.41) is 14.8. The molecule has 0 saturated heterocycles. The molecule has 4 rings (SSSR count). The van der Waals surface area contributed by atoms with Gasteiger partial charge in [-0.3, -0.25) is 4.40 Å². The molecule has 0 spiro atoms. The topological polar surface area (TPSA) is 55.1 Å². The van der Waals surface area contributed by atoms with Crippen LogP contribution in [0.1, 0.15) is 24.5 Å². The summed E-state index contributed by atoms with van der Waals surface area (Å²) in [6, 6.07) is 12.3. The summed E-state index contributed by atoms with van der Waals surface area (Å²) >= 11 is 1.55. The van der Waals surface area contributed by atoms with E-state index in [2.05, 4.69) is 27.4 Å². The number of nitrogens with zero attached hydrogens (tertiary/aromatic N) is 4. The number of benzene rings is 1. The van der Waals surface area contributed by atoms with Crippen molar-refractivity contribution in [2.45, 2.75) is 19.5 Å². The third-order valence-electron chi connectivity index (χ3n) is 3.96. The largest absolute Gasteiger partial charge is 0.302 e. The minimum absolute atomic E-state index is 0.0355. The van der Waals surface area contributed by atoms with Crippen molar-refractivity contribution in [3.63, 3.8) is 0 Å². The number of halogens is 1. The summed E-state index contributed by atoms with van der Waals surface area (Å²) in [4.78, 5) is 4.62. The van der Waals surface area contributed by atoms with Crippen LogP contribution in [-0.2, 0) is 6.54 Å². The molecule has 1 aromatic carbocycles. The van der Waals surface area contributed by atoms with Gasteiger partial charge in [0.05, 0.1) is 11.7 Å². The van der Waals surface area contributed by atoms with Crippen LogP contribution < -0.4 is 5.32 Å². The summed E-state index contributed by atoms with van der Waals surface area (Å²) in [7, 11) is 0. The van der Waals surface area contributed by atoms with Gasteiger partial charge in [-0.1, -0.05) is 6.07 Å². The van der Waals surface area contributed by atoms with E-state index in [4.69, 9.17) is 0 Å². The number of pyridine rings is 1. The van der Waals surface area contributed by atoms with Crippen LogP contribution in [0.3, 0.4) is 0 Å². The van der Waals surface area contributed by atoms with E-state index in [1.54, 1.807) is 23.5 Å². The van der Waals surface area contributed by atoms with Gasteiger partial charge in [0.15, 0.2) is 11.5 Å². The highest BCUT2D eigenvalue weighted by Crippen LogP contribution is 2.24. The standard InChI is InChI=1S/C18H16FN5S/c1-12(17-23-22-16-4-2-3-9-24(16)17)20-10-15-11-25-18(21-15)13-5-7-14(19)8-6-13/h2-9,11-12,20H,10H2,1H3. The van der Waals surface area contributed by atoms with E-state index in [0.717, 1.165) is 27.7 Å². The van der Waals surface area contributed by atoms with Gasteiger partial charge < -0.3 is 5.32 Å². The molecule has 0 radical (unpaired) electrons. The van der Waals surface area contributed by atoms with E-state index in [0.29, 0.717) is 6.54 Å². The SMILES string of the molecule is CC(NCc1csc(-c2ccc(F)cc2)n1)c1nnc2ccccn12. The van der Waals surface area contributed by atoms with Crippen molar-refractivity contribution in [3.05, 3.63) is 71.4 Å². The fourth-order valence-corrected chi connectivity index (χ4v) is 3.44. The average Bonchev–Trinajstić information content (AvgIpc) is 3.27. The first-order valence-electron chi connectivity index (χ1n) is 7.94. The van der Waals surface area contributed by atoms with Gasteiger partial charge in [0.25, 0.3) is 0 Å². The van der Waals surface area contributed by atoms with Gasteiger partial charge in [0.1, 0.15) is 10.8 Å². The Morgan fingerprint density at radius 2 is 2.00 bits per heavy atom. The molecule has 7 heteroatoms. The van der Waals surface area contributed by atoms with E-state index in [1.807, 2.05) is 34.2 Å². The molecule has 1 unspecified atom stereocenters. The highest BCUT2D eigenvalue weighted by Gasteiger charge is 2.13. The molecule has 0 amide bonds. The normalized spacial score (nSPS) is 12.6. The zero-order valence-electron chi connectivity index (χ0n) is 13.6. The number of nitrogens with one attached hydrogen (secondary N) is 1. The van der Waals surface area contributed by atoms with E-state index in [9.17, 15) is 4.39 Å². The zero-order valence-corrected chi connectivity index (χ0v) is 14.4. The Morgan fingerprint density at radius 1 is 1.16 bits per heavy atom. The summed E-state index contributed by atoms with van der Waals surface area (Å²) in [6.07, 6.45) is 1.96. The molecule has 0 aliphatic rings. The van der Waals surface area contributed by atoms with Gasteiger partial charge in [-0.05, 0) is 43.3 Å². The maximum absolute atomic E-state index is 13.0. The van der Waals surface area contributed by atoms with Gasteiger partial charge >= 0.3 is 0 Å². The van der Waals surface area contributed by atoms with Crippen molar-refractivity contribution >= 4 is 17.0 Å². The van der Waals surface area contributed by atoms with E-state index in [-0.39, 0.29) is 11.9 Å². The molecule has 0 saturated carbocycles. The molecule has 0 aliphatic heterocycles. The monoisotopic (exact) mass is 353 g/mol. The van der Waals surface area contributed by atoms with Crippen LogP contribution in [0.2, 0.25) is 0 Å². The molecular formula is C18H16FN5S.